The van der Waals surface area contributed by atoms with Gasteiger partial charge in [-0.15, -0.1) is 0 Å². The summed E-state index contributed by atoms with van der Waals surface area (Å²) in [4.78, 5) is 13.4. The summed E-state index contributed by atoms with van der Waals surface area (Å²) < 4.78 is 0. The molecule has 0 aliphatic carbocycles. The van der Waals surface area contributed by atoms with Crippen molar-refractivity contribution in [3.05, 3.63) is 12.2 Å². The molecule has 1 fully saturated rings. The minimum absolute atomic E-state index is 0.0424. The largest absolute Gasteiger partial charge is 0.341 e. The fourth-order valence-electron chi connectivity index (χ4n) is 2.18. The summed E-state index contributed by atoms with van der Waals surface area (Å²) in [7, 11) is 3.73. The molecular weight excluding hydrogens is 228 g/mol. The summed E-state index contributed by atoms with van der Waals surface area (Å²) in [5.74, 6) is 0.280. The molecule has 1 amide bonds. The molecule has 100 valence electrons. The van der Waals surface area contributed by atoms with Gasteiger partial charge in [0.2, 0.25) is 5.91 Å². The zero-order valence-electron chi connectivity index (χ0n) is 11.6. The standard InChI is InChI=1S/C13H22N4O/c1-10-12(11(2)17(4)15-10)6-7-13(18)16(3)9-5-8-14/h6-7,10-12,15H,5,9H2,1-4H3/b7-6+. The lowest BCUT2D eigenvalue weighted by atomic mass is 9.96. The molecule has 1 aliphatic heterocycles. The van der Waals surface area contributed by atoms with Crippen LogP contribution in [0, 0.1) is 17.2 Å². The van der Waals surface area contributed by atoms with Gasteiger partial charge in [0.1, 0.15) is 0 Å². The number of likely N-dealkylation sites (N-methyl/N-ethyl adjacent to an activating group) is 1. The molecule has 1 N–H and O–H groups in total. The van der Waals surface area contributed by atoms with E-state index in [0.717, 1.165) is 0 Å². The molecule has 0 aromatic rings. The lowest BCUT2D eigenvalue weighted by molar-refractivity contribution is -0.124. The van der Waals surface area contributed by atoms with Crippen LogP contribution in [0.3, 0.4) is 0 Å². The Morgan fingerprint density at radius 1 is 1.56 bits per heavy atom. The fourth-order valence-corrected chi connectivity index (χ4v) is 2.18. The molecule has 3 atom stereocenters. The van der Waals surface area contributed by atoms with Gasteiger partial charge in [-0.05, 0) is 19.9 Å². The van der Waals surface area contributed by atoms with E-state index in [9.17, 15) is 4.79 Å². The average Bonchev–Trinajstić information content (AvgIpc) is 2.58. The smallest absolute Gasteiger partial charge is 0.246 e. The highest BCUT2D eigenvalue weighted by atomic mass is 16.2. The molecule has 5 nitrogen and oxygen atoms in total. The van der Waals surface area contributed by atoms with Crippen molar-refractivity contribution in [2.75, 3.05) is 20.6 Å². The first-order valence-corrected chi connectivity index (χ1v) is 6.26. The number of nitrogens with zero attached hydrogens (tertiary/aromatic N) is 3. The number of hydrogen-bond donors (Lipinski definition) is 1. The monoisotopic (exact) mass is 250 g/mol. The van der Waals surface area contributed by atoms with Crippen LogP contribution < -0.4 is 5.43 Å². The third kappa shape index (κ3) is 3.56. The van der Waals surface area contributed by atoms with E-state index in [-0.39, 0.29) is 5.91 Å². The normalized spacial score (nSPS) is 28.5. The quantitative estimate of drug-likeness (QED) is 0.748. The lowest BCUT2D eigenvalue weighted by Crippen LogP contribution is -2.33. The minimum Gasteiger partial charge on any atom is -0.341 e. The van der Waals surface area contributed by atoms with E-state index in [1.165, 1.54) is 0 Å². The van der Waals surface area contributed by atoms with Gasteiger partial charge in [-0.3, -0.25) is 10.2 Å². The topological polar surface area (TPSA) is 59.4 Å². The van der Waals surface area contributed by atoms with Gasteiger partial charge in [0.05, 0.1) is 12.5 Å². The molecule has 18 heavy (non-hydrogen) atoms. The van der Waals surface area contributed by atoms with Crippen molar-refractivity contribution in [3.63, 3.8) is 0 Å². The van der Waals surface area contributed by atoms with E-state index >= 15 is 0 Å². The molecule has 0 saturated carbocycles. The Hall–Kier alpha value is -1.38. The zero-order valence-corrected chi connectivity index (χ0v) is 11.6. The van der Waals surface area contributed by atoms with Crippen LogP contribution in [0.25, 0.3) is 0 Å². The van der Waals surface area contributed by atoms with Crippen molar-refractivity contribution in [1.29, 1.82) is 5.26 Å². The van der Waals surface area contributed by atoms with E-state index < -0.39 is 0 Å². The minimum atomic E-state index is -0.0424. The highest BCUT2D eigenvalue weighted by Gasteiger charge is 2.32. The van der Waals surface area contributed by atoms with Gasteiger partial charge in [-0.2, -0.15) is 5.26 Å². The molecule has 1 heterocycles. The third-order valence-corrected chi connectivity index (χ3v) is 3.55. The molecule has 0 spiro atoms. The highest BCUT2D eigenvalue weighted by Crippen LogP contribution is 2.21. The van der Waals surface area contributed by atoms with Crippen LogP contribution in [0.2, 0.25) is 0 Å². The van der Waals surface area contributed by atoms with E-state index in [0.29, 0.717) is 31.0 Å². The third-order valence-electron chi connectivity index (χ3n) is 3.55. The van der Waals surface area contributed by atoms with E-state index in [1.54, 1.807) is 18.0 Å². The Kier molecular flexibility index (Phi) is 5.32. The maximum atomic E-state index is 11.8. The maximum absolute atomic E-state index is 11.8. The van der Waals surface area contributed by atoms with Crippen molar-refractivity contribution in [3.8, 4) is 6.07 Å². The molecule has 1 saturated heterocycles. The highest BCUT2D eigenvalue weighted by molar-refractivity contribution is 5.87. The number of rotatable bonds is 4. The van der Waals surface area contributed by atoms with E-state index in [4.69, 9.17) is 5.26 Å². The number of carbonyl (C=O) groups is 1. The molecule has 0 aromatic carbocycles. The van der Waals surface area contributed by atoms with Crippen molar-refractivity contribution in [1.82, 2.24) is 15.3 Å². The number of hydrogen-bond acceptors (Lipinski definition) is 4. The van der Waals surface area contributed by atoms with Gasteiger partial charge in [-0.1, -0.05) is 6.08 Å². The second-order valence-electron chi connectivity index (χ2n) is 4.87. The van der Waals surface area contributed by atoms with E-state index in [2.05, 4.69) is 24.3 Å². The molecule has 5 heteroatoms. The van der Waals surface area contributed by atoms with Crippen molar-refractivity contribution >= 4 is 5.91 Å². The first-order valence-electron chi connectivity index (χ1n) is 6.26. The summed E-state index contributed by atoms with van der Waals surface area (Å²) in [6, 6.07) is 2.74. The Bertz CT molecular complexity index is 360. The average molecular weight is 250 g/mol. The van der Waals surface area contributed by atoms with Gasteiger partial charge in [-0.25, -0.2) is 5.01 Å². The van der Waals surface area contributed by atoms with Gasteiger partial charge < -0.3 is 4.90 Å². The van der Waals surface area contributed by atoms with Crippen LogP contribution in [0.1, 0.15) is 20.3 Å². The van der Waals surface area contributed by atoms with Gasteiger partial charge in [0.25, 0.3) is 0 Å². The number of hydrazine groups is 1. The van der Waals surface area contributed by atoms with Crippen molar-refractivity contribution in [2.45, 2.75) is 32.4 Å². The summed E-state index contributed by atoms with van der Waals surface area (Å²) >= 11 is 0. The summed E-state index contributed by atoms with van der Waals surface area (Å²) in [5.41, 5.74) is 3.32. The molecule has 0 radical (unpaired) electrons. The number of amides is 1. The number of nitriles is 1. The van der Waals surface area contributed by atoms with E-state index in [1.807, 2.05) is 19.2 Å². The number of carbonyl (C=O) groups excluding carboxylic acids is 1. The fraction of sp³-hybridized carbons (Fsp3) is 0.692. The van der Waals surface area contributed by atoms with Crippen LogP contribution in [-0.2, 0) is 4.79 Å². The Balaban J connectivity index is 2.53. The van der Waals surface area contributed by atoms with Crippen LogP contribution in [0.4, 0.5) is 0 Å². The lowest BCUT2D eigenvalue weighted by Gasteiger charge is -2.17. The second kappa shape index (κ2) is 6.53. The van der Waals surface area contributed by atoms with Gasteiger partial charge in [0, 0.05) is 38.6 Å². The van der Waals surface area contributed by atoms with Crippen LogP contribution in [-0.4, -0.2) is 48.5 Å². The van der Waals surface area contributed by atoms with Crippen molar-refractivity contribution < 1.29 is 4.79 Å². The van der Waals surface area contributed by atoms with Crippen LogP contribution >= 0.6 is 0 Å². The predicted molar refractivity (Wildman–Crippen MR) is 70.3 cm³/mol. The SMILES string of the molecule is CC1NN(C)C(C)C1/C=C/C(=O)N(C)CCC#N. The van der Waals surface area contributed by atoms with Crippen LogP contribution in [0.5, 0.6) is 0 Å². The maximum Gasteiger partial charge on any atom is 0.246 e. The molecular formula is C13H22N4O. The molecule has 1 rings (SSSR count). The predicted octanol–water partition coefficient (Wildman–Crippen LogP) is 0.758. The Morgan fingerprint density at radius 2 is 2.22 bits per heavy atom. The first kappa shape index (κ1) is 14.7. The molecule has 1 aliphatic rings. The summed E-state index contributed by atoms with van der Waals surface area (Å²) in [6.45, 7) is 4.72. The second-order valence-corrected chi connectivity index (χ2v) is 4.87. The molecule has 0 aromatic heterocycles. The zero-order chi connectivity index (χ0) is 13.7. The van der Waals surface area contributed by atoms with Crippen molar-refractivity contribution in [2.24, 2.45) is 5.92 Å². The Labute approximate surface area is 109 Å². The first-order chi connectivity index (χ1) is 8.47. The van der Waals surface area contributed by atoms with Gasteiger partial charge >= 0.3 is 0 Å². The summed E-state index contributed by atoms with van der Waals surface area (Å²) in [5, 5.41) is 10.6. The molecule has 3 unspecified atom stereocenters. The molecule has 0 bridgehead atoms. The summed E-state index contributed by atoms with van der Waals surface area (Å²) in [6.07, 6.45) is 3.96. The van der Waals surface area contributed by atoms with Crippen LogP contribution in [0.15, 0.2) is 12.2 Å². The Morgan fingerprint density at radius 3 is 2.72 bits per heavy atom. The number of nitrogens with one attached hydrogen (secondary N) is 1. The van der Waals surface area contributed by atoms with Gasteiger partial charge in [0.15, 0.2) is 0 Å².